The zero-order chi connectivity index (χ0) is 23.8. The van der Waals surface area contributed by atoms with Crippen molar-refractivity contribution >= 4 is 28.9 Å². The average Bonchev–Trinajstić information content (AvgIpc) is 2.84. The number of rotatable bonds is 9. The van der Waals surface area contributed by atoms with Gasteiger partial charge in [-0.1, -0.05) is 0 Å². The molecule has 33 heavy (non-hydrogen) atoms. The van der Waals surface area contributed by atoms with Gasteiger partial charge in [0, 0.05) is 43.1 Å². The molecular weight excluding hydrogens is 416 g/mol. The van der Waals surface area contributed by atoms with Gasteiger partial charge in [0.1, 0.15) is 11.4 Å². The lowest BCUT2D eigenvalue weighted by atomic mass is 10.1. The molecule has 3 rings (SSSR count). The van der Waals surface area contributed by atoms with Crippen LogP contribution >= 0.6 is 0 Å². The Morgan fingerprint density at radius 2 is 1.79 bits per heavy atom. The number of methoxy groups -OCH3 is 1. The second kappa shape index (κ2) is 11.5. The van der Waals surface area contributed by atoms with Crippen LogP contribution in [0, 0.1) is 0 Å². The number of anilines is 3. The van der Waals surface area contributed by atoms with E-state index in [0.717, 1.165) is 47.8 Å². The quantitative estimate of drug-likeness (QED) is 0.561. The predicted molar refractivity (Wildman–Crippen MR) is 134 cm³/mol. The SMILES string of the molecule is CCN(C(=O)/C(Nc1ccc(OC)cc1)=C(\C)CNC)c1ccc(N2CCCCC2=O)cc1. The lowest BCUT2D eigenvalue weighted by Crippen LogP contribution is -2.36. The topological polar surface area (TPSA) is 73.9 Å². The molecule has 0 bridgehead atoms. The molecule has 2 amide bonds. The van der Waals surface area contributed by atoms with Gasteiger partial charge in [0.2, 0.25) is 5.91 Å². The van der Waals surface area contributed by atoms with Gasteiger partial charge >= 0.3 is 0 Å². The van der Waals surface area contributed by atoms with E-state index in [1.165, 1.54) is 0 Å². The van der Waals surface area contributed by atoms with Crippen LogP contribution in [0.4, 0.5) is 17.1 Å². The van der Waals surface area contributed by atoms with E-state index in [9.17, 15) is 9.59 Å². The van der Waals surface area contributed by atoms with Gasteiger partial charge in [-0.25, -0.2) is 0 Å². The summed E-state index contributed by atoms with van der Waals surface area (Å²) in [5.41, 5.74) is 3.93. The minimum atomic E-state index is -0.108. The van der Waals surface area contributed by atoms with Crippen LogP contribution in [0.1, 0.15) is 33.1 Å². The van der Waals surface area contributed by atoms with Gasteiger partial charge in [0.25, 0.3) is 5.91 Å². The standard InChI is InChI=1S/C26H34N4O3/c1-5-29(21-11-13-22(14-12-21)30-17-7-6-8-24(30)31)26(32)25(19(2)18-27-3)28-20-9-15-23(33-4)16-10-20/h9-16,27-28H,5-8,17-18H2,1-4H3/b25-19-. The van der Waals surface area contributed by atoms with E-state index >= 15 is 0 Å². The summed E-state index contributed by atoms with van der Waals surface area (Å²) in [6.45, 7) is 5.74. The minimum absolute atomic E-state index is 0.108. The van der Waals surface area contributed by atoms with Crippen LogP contribution in [-0.2, 0) is 9.59 Å². The average molecular weight is 451 g/mol. The lowest BCUT2D eigenvalue weighted by molar-refractivity contribution is -0.119. The third kappa shape index (κ3) is 5.93. The number of hydrogen-bond acceptors (Lipinski definition) is 5. The van der Waals surface area contributed by atoms with Crippen molar-refractivity contribution < 1.29 is 14.3 Å². The monoisotopic (exact) mass is 450 g/mol. The molecule has 1 aliphatic rings. The van der Waals surface area contributed by atoms with E-state index in [4.69, 9.17) is 4.74 Å². The Hall–Kier alpha value is -3.32. The molecule has 0 radical (unpaired) electrons. The van der Waals surface area contributed by atoms with Crippen LogP contribution in [0.25, 0.3) is 0 Å². The Kier molecular flexibility index (Phi) is 8.49. The van der Waals surface area contributed by atoms with Crippen LogP contribution in [0.5, 0.6) is 5.75 Å². The molecule has 0 unspecified atom stereocenters. The van der Waals surface area contributed by atoms with Crippen molar-refractivity contribution in [3.63, 3.8) is 0 Å². The molecule has 0 atom stereocenters. The van der Waals surface area contributed by atoms with Gasteiger partial charge in [0.05, 0.1) is 7.11 Å². The van der Waals surface area contributed by atoms with Gasteiger partial charge < -0.3 is 25.2 Å². The molecule has 1 aliphatic heterocycles. The van der Waals surface area contributed by atoms with Gasteiger partial charge in [-0.3, -0.25) is 9.59 Å². The van der Waals surface area contributed by atoms with Gasteiger partial charge in [0.15, 0.2) is 0 Å². The fraction of sp³-hybridized carbons (Fsp3) is 0.385. The number of hydrogen-bond donors (Lipinski definition) is 2. The molecule has 2 N–H and O–H groups in total. The van der Waals surface area contributed by atoms with Gasteiger partial charge in [-0.15, -0.1) is 0 Å². The molecule has 2 aromatic carbocycles. The van der Waals surface area contributed by atoms with E-state index in [2.05, 4.69) is 10.6 Å². The van der Waals surface area contributed by atoms with E-state index in [0.29, 0.717) is 25.2 Å². The van der Waals surface area contributed by atoms with Crippen molar-refractivity contribution in [3.8, 4) is 5.75 Å². The highest BCUT2D eigenvalue weighted by molar-refractivity contribution is 6.08. The Morgan fingerprint density at radius 1 is 1.09 bits per heavy atom. The molecule has 0 saturated carbocycles. The highest BCUT2D eigenvalue weighted by Crippen LogP contribution is 2.26. The molecule has 1 fully saturated rings. The number of likely N-dealkylation sites (N-methyl/N-ethyl adjacent to an activating group) is 2. The number of carbonyl (C=O) groups excluding carboxylic acids is 2. The minimum Gasteiger partial charge on any atom is -0.497 e. The summed E-state index contributed by atoms with van der Waals surface area (Å²) in [7, 11) is 3.48. The van der Waals surface area contributed by atoms with E-state index in [-0.39, 0.29) is 11.8 Å². The van der Waals surface area contributed by atoms with Crippen molar-refractivity contribution in [2.24, 2.45) is 0 Å². The first-order valence-corrected chi connectivity index (χ1v) is 11.5. The zero-order valence-corrected chi connectivity index (χ0v) is 20.0. The Labute approximate surface area is 196 Å². The maximum atomic E-state index is 13.6. The molecule has 7 heteroatoms. The molecule has 1 saturated heterocycles. The number of carbonyl (C=O) groups is 2. The Morgan fingerprint density at radius 3 is 2.36 bits per heavy atom. The molecular formula is C26H34N4O3. The summed E-state index contributed by atoms with van der Waals surface area (Å²) in [6, 6.07) is 15.2. The second-order valence-electron chi connectivity index (χ2n) is 8.11. The lowest BCUT2D eigenvalue weighted by Gasteiger charge is -2.28. The molecule has 2 aromatic rings. The van der Waals surface area contributed by atoms with Crippen molar-refractivity contribution in [3.05, 3.63) is 59.8 Å². The molecule has 0 spiro atoms. The zero-order valence-electron chi connectivity index (χ0n) is 20.0. The molecule has 1 heterocycles. The first kappa shape index (κ1) is 24.3. The third-order valence-electron chi connectivity index (χ3n) is 5.80. The second-order valence-corrected chi connectivity index (χ2v) is 8.11. The summed E-state index contributed by atoms with van der Waals surface area (Å²) in [6.07, 6.45) is 2.56. The van der Waals surface area contributed by atoms with Gasteiger partial charge in [-0.05, 0) is 87.8 Å². The number of amides is 2. The highest BCUT2D eigenvalue weighted by Gasteiger charge is 2.23. The largest absolute Gasteiger partial charge is 0.497 e. The van der Waals surface area contributed by atoms with Crippen LogP contribution in [0.2, 0.25) is 0 Å². The molecule has 0 aromatic heterocycles. The van der Waals surface area contributed by atoms with Crippen LogP contribution in [0.3, 0.4) is 0 Å². The Bertz CT molecular complexity index is 984. The first-order valence-electron chi connectivity index (χ1n) is 11.5. The summed E-state index contributed by atoms with van der Waals surface area (Å²) in [4.78, 5) is 29.5. The summed E-state index contributed by atoms with van der Waals surface area (Å²) in [5.74, 6) is 0.809. The molecule has 176 valence electrons. The summed E-state index contributed by atoms with van der Waals surface area (Å²) in [5, 5.41) is 6.43. The summed E-state index contributed by atoms with van der Waals surface area (Å²) >= 11 is 0. The van der Waals surface area contributed by atoms with Crippen LogP contribution in [-0.4, -0.2) is 45.6 Å². The molecule has 0 aliphatic carbocycles. The van der Waals surface area contributed by atoms with Crippen molar-refractivity contribution in [1.29, 1.82) is 0 Å². The van der Waals surface area contributed by atoms with Crippen molar-refractivity contribution in [2.45, 2.75) is 33.1 Å². The van der Waals surface area contributed by atoms with E-state index in [1.54, 1.807) is 12.0 Å². The fourth-order valence-electron chi connectivity index (χ4n) is 3.98. The summed E-state index contributed by atoms with van der Waals surface area (Å²) < 4.78 is 5.23. The van der Waals surface area contributed by atoms with Crippen molar-refractivity contribution in [1.82, 2.24) is 5.32 Å². The number of ether oxygens (including phenoxy) is 1. The van der Waals surface area contributed by atoms with E-state index < -0.39 is 0 Å². The normalized spacial score (nSPS) is 14.5. The van der Waals surface area contributed by atoms with Crippen molar-refractivity contribution in [2.75, 3.05) is 48.9 Å². The van der Waals surface area contributed by atoms with E-state index in [1.807, 2.05) is 74.3 Å². The number of piperidine rings is 1. The van der Waals surface area contributed by atoms with Crippen LogP contribution < -0.4 is 25.2 Å². The Balaban J connectivity index is 1.85. The fourth-order valence-corrected chi connectivity index (χ4v) is 3.98. The number of nitrogens with one attached hydrogen (secondary N) is 2. The van der Waals surface area contributed by atoms with Gasteiger partial charge in [-0.2, -0.15) is 0 Å². The molecule has 7 nitrogen and oxygen atoms in total. The number of benzene rings is 2. The third-order valence-corrected chi connectivity index (χ3v) is 5.80. The maximum absolute atomic E-state index is 13.6. The highest BCUT2D eigenvalue weighted by atomic mass is 16.5. The smallest absolute Gasteiger partial charge is 0.274 e. The number of nitrogens with zero attached hydrogens (tertiary/aromatic N) is 2. The first-order chi connectivity index (χ1) is 16.0. The maximum Gasteiger partial charge on any atom is 0.274 e. The predicted octanol–water partition coefficient (Wildman–Crippen LogP) is 4.17. The van der Waals surface area contributed by atoms with Crippen LogP contribution in [0.15, 0.2) is 59.8 Å².